The molecular formula is C13H21ClN2O3S. The molecule has 20 heavy (non-hydrogen) atoms. The summed E-state index contributed by atoms with van der Waals surface area (Å²) in [5, 5.41) is 3.19. The van der Waals surface area contributed by atoms with Gasteiger partial charge in [0.2, 0.25) is 10.0 Å². The number of sulfonamides is 1. The van der Waals surface area contributed by atoms with Gasteiger partial charge in [0.15, 0.2) is 0 Å². The molecule has 2 rings (SSSR count). The second-order valence-electron chi connectivity index (χ2n) is 4.57. The molecule has 1 heterocycles. The molecule has 1 aromatic rings. The lowest BCUT2D eigenvalue weighted by Gasteiger charge is -2.32. The Morgan fingerprint density at radius 2 is 2.00 bits per heavy atom. The first kappa shape index (κ1) is 17.2. The standard InChI is InChI=1S/C13H20N2O3S.ClH/c1-3-18-12-4-6-13(7-5-12)19(16,17)15-9-8-14-10-11(15)2;/h4-7,11,14H,3,8-10H2,1-2H3;1H/t11-;/m0./s1. The fourth-order valence-electron chi connectivity index (χ4n) is 2.19. The first-order chi connectivity index (χ1) is 9.05. The van der Waals surface area contributed by atoms with E-state index in [0.717, 1.165) is 0 Å². The van der Waals surface area contributed by atoms with Gasteiger partial charge in [-0.05, 0) is 38.1 Å². The van der Waals surface area contributed by atoms with Gasteiger partial charge in [-0.2, -0.15) is 4.31 Å². The minimum absolute atomic E-state index is 0. The average Bonchev–Trinajstić information content (AvgIpc) is 2.40. The van der Waals surface area contributed by atoms with Crippen LogP contribution in [0.15, 0.2) is 29.2 Å². The smallest absolute Gasteiger partial charge is 0.243 e. The van der Waals surface area contributed by atoms with Gasteiger partial charge >= 0.3 is 0 Å². The zero-order valence-corrected chi connectivity index (χ0v) is 13.3. The van der Waals surface area contributed by atoms with Gasteiger partial charge in [-0.25, -0.2) is 8.42 Å². The van der Waals surface area contributed by atoms with Crippen LogP contribution in [0, 0.1) is 0 Å². The minimum Gasteiger partial charge on any atom is -0.494 e. The van der Waals surface area contributed by atoms with Crippen molar-refractivity contribution in [2.75, 3.05) is 26.2 Å². The third-order valence-corrected chi connectivity index (χ3v) is 5.21. The van der Waals surface area contributed by atoms with Crippen LogP contribution in [0.1, 0.15) is 13.8 Å². The van der Waals surface area contributed by atoms with Crippen molar-refractivity contribution in [1.82, 2.24) is 9.62 Å². The van der Waals surface area contributed by atoms with Crippen LogP contribution in [0.25, 0.3) is 0 Å². The zero-order valence-electron chi connectivity index (χ0n) is 11.7. The van der Waals surface area contributed by atoms with Crippen LogP contribution in [0.3, 0.4) is 0 Å². The van der Waals surface area contributed by atoms with E-state index >= 15 is 0 Å². The first-order valence-corrected chi connectivity index (χ1v) is 7.95. The number of hydrogen-bond donors (Lipinski definition) is 1. The molecule has 114 valence electrons. The van der Waals surface area contributed by atoms with E-state index in [2.05, 4.69) is 5.32 Å². The van der Waals surface area contributed by atoms with Crippen LogP contribution < -0.4 is 10.1 Å². The van der Waals surface area contributed by atoms with Crippen molar-refractivity contribution in [2.45, 2.75) is 24.8 Å². The molecule has 1 aromatic carbocycles. The Morgan fingerprint density at radius 1 is 1.35 bits per heavy atom. The summed E-state index contributed by atoms with van der Waals surface area (Å²) < 4.78 is 31.9. The molecule has 0 aromatic heterocycles. The summed E-state index contributed by atoms with van der Waals surface area (Å²) in [7, 11) is -3.41. The van der Waals surface area contributed by atoms with Crippen molar-refractivity contribution in [2.24, 2.45) is 0 Å². The lowest BCUT2D eigenvalue weighted by Crippen LogP contribution is -2.52. The third kappa shape index (κ3) is 3.63. The van der Waals surface area contributed by atoms with Gasteiger partial charge in [-0.15, -0.1) is 12.4 Å². The molecule has 1 aliphatic rings. The molecule has 0 saturated carbocycles. The van der Waals surface area contributed by atoms with E-state index in [9.17, 15) is 8.42 Å². The molecule has 1 aliphatic heterocycles. The Balaban J connectivity index is 0.00000200. The number of piperazine rings is 1. The molecule has 0 radical (unpaired) electrons. The van der Waals surface area contributed by atoms with Crippen LogP contribution >= 0.6 is 12.4 Å². The number of halogens is 1. The SMILES string of the molecule is CCOc1ccc(S(=O)(=O)N2CCNC[C@@H]2C)cc1.Cl. The predicted molar refractivity (Wildman–Crippen MR) is 81.1 cm³/mol. The highest BCUT2D eigenvalue weighted by molar-refractivity contribution is 7.89. The molecule has 1 atom stereocenters. The van der Waals surface area contributed by atoms with Gasteiger partial charge < -0.3 is 10.1 Å². The molecule has 0 aliphatic carbocycles. The summed E-state index contributed by atoms with van der Waals surface area (Å²) in [5.41, 5.74) is 0. The molecule has 5 nitrogen and oxygen atoms in total. The quantitative estimate of drug-likeness (QED) is 0.913. The lowest BCUT2D eigenvalue weighted by molar-refractivity contribution is 0.284. The van der Waals surface area contributed by atoms with E-state index in [-0.39, 0.29) is 18.4 Å². The number of ether oxygens (including phenoxy) is 1. The summed E-state index contributed by atoms with van der Waals surface area (Å²) in [6.45, 7) is 6.28. The first-order valence-electron chi connectivity index (χ1n) is 6.51. The van der Waals surface area contributed by atoms with Crippen LogP contribution in [-0.4, -0.2) is 45.0 Å². The molecule has 1 N–H and O–H groups in total. The summed E-state index contributed by atoms with van der Waals surface area (Å²) in [6.07, 6.45) is 0. The average molecular weight is 321 g/mol. The normalized spacial score (nSPS) is 20.2. The van der Waals surface area contributed by atoms with Crippen LogP contribution in [0.4, 0.5) is 0 Å². The summed E-state index contributed by atoms with van der Waals surface area (Å²) in [4.78, 5) is 0.324. The Morgan fingerprint density at radius 3 is 2.55 bits per heavy atom. The Kier molecular flexibility index (Phi) is 6.26. The van der Waals surface area contributed by atoms with Gasteiger partial charge in [0, 0.05) is 25.7 Å². The van der Waals surface area contributed by atoms with E-state index in [0.29, 0.717) is 36.9 Å². The third-order valence-electron chi connectivity index (χ3n) is 3.18. The molecule has 0 amide bonds. The summed E-state index contributed by atoms with van der Waals surface area (Å²) in [5.74, 6) is 0.690. The second-order valence-corrected chi connectivity index (χ2v) is 6.46. The topological polar surface area (TPSA) is 58.6 Å². The number of nitrogens with zero attached hydrogens (tertiary/aromatic N) is 1. The van der Waals surface area contributed by atoms with Crippen molar-refractivity contribution >= 4 is 22.4 Å². The Labute approximate surface area is 126 Å². The minimum atomic E-state index is -3.41. The van der Waals surface area contributed by atoms with Gasteiger partial charge in [-0.1, -0.05) is 0 Å². The maximum atomic E-state index is 12.5. The van der Waals surface area contributed by atoms with E-state index in [4.69, 9.17) is 4.74 Å². The Bertz CT molecular complexity index is 519. The number of hydrogen-bond acceptors (Lipinski definition) is 4. The summed E-state index contributed by atoms with van der Waals surface area (Å²) in [6, 6.07) is 6.58. The highest BCUT2D eigenvalue weighted by atomic mass is 35.5. The second kappa shape index (κ2) is 7.26. The van der Waals surface area contributed by atoms with Crippen LogP contribution in [0.2, 0.25) is 0 Å². The molecule has 7 heteroatoms. The van der Waals surface area contributed by atoms with Gasteiger partial charge in [0.25, 0.3) is 0 Å². The van der Waals surface area contributed by atoms with Gasteiger partial charge in [0.05, 0.1) is 11.5 Å². The van der Waals surface area contributed by atoms with Crippen molar-refractivity contribution in [1.29, 1.82) is 0 Å². The maximum Gasteiger partial charge on any atom is 0.243 e. The van der Waals surface area contributed by atoms with Gasteiger partial charge in [-0.3, -0.25) is 0 Å². The monoisotopic (exact) mass is 320 g/mol. The van der Waals surface area contributed by atoms with Crippen molar-refractivity contribution in [3.63, 3.8) is 0 Å². The van der Waals surface area contributed by atoms with E-state index < -0.39 is 10.0 Å². The van der Waals surface area contributed by atoms with Crippen molar-refractivity contribution < 1.29 is 13.2 Å². The van der Waals surface area contributed by atoms with Crippen molar-refractivity contribution in [3.05, 3.63) is 24.3 Å². The molecule has 0 spiro atoms. The van der Waals surface area contributed by atoms with E-state index in [1.165, 1.54) is 0 Å². The van der Waals surface area contributed by atoms with Crippen molar-refractivity contribution in [3.8, 4) is 5.75 Å². The lowest BCUT2D eigenvalue weighted by atomic mass is 10.3. The largest absolute Gasteiger partial charge is 0.494 e. The zero-order chi connectivity index (χ0) is 13.9. The summed E-state index contributed by atoms with van der Waals surface area (Å²) >= 11 is 0. The predicted octanol–water partition coefficient (Wildman–Crippen LogP) is 1.49. The van der Waals surface area contributed by atoms with E-state index in [1.807, 2.05) is 13.8 Å². The fourth-order valence-corrected chi connectivity index (χ4v) is 3.82. The fraction of sp³-hybridized carbons (Fsp3) is 0.538. The Hall–Kier alpha value is -0.820. The molecule has 1 saturated heterocycles. The van der Waals surface area contributed by atoms with Crippen LogP contribution in [-0.2, 0) is 10.0 Å². The number of nitrogens with one attached hydrogen (secondary N) is 1. The van der Waals surface area contributed by atoms with Gasteiger partial charge in [0.1, 0.15) is 5.75 Å². The molecular weight excluding hydrogens is 300 g/mol. The highest BCUT2D eigenvalue weighted by Gasteiger charge is 2.30. The number of benzene rings is 1. The highest BCUT2D eigenvalue weighted by Crippen LogP contribution is 2.21. The van der Waals surface area contributed by atoms with E-state index in [1.54, 1.807) is 28.6 Å². The van der Waals surface area contributed by atoms with Crippen LogP contribution in [0.5, 0.6) is 5.75 Å². The molecule has 0 unspecified atom stereocenters. The molecule has 1 fully saturated rings. The maximum absolute atomic E-state index is 12.5. The molecule has 0 bridgehead atoms. The number of rotatable bonds is 4.